The van der Waals surface area contributed by atoms with Crippen molar-refractivity contribution in [1.29, 1.82) is 0 Å². The summed E-state index contributed by atoms with van der Waals surface area (Å²) in [7, 11) is 0. The molecule has 1 fully saturated rings. The van der Waals surface area contributed by atoms with Crippen LogP contribution in [0.2, 0.25) is 0 Å². The molecule has 10 nitrogen and oxygen atoms in total. The minimum absolute atomic E-state index is 0.0908. The van der Waals surface area contributed by atoms with Gasteiger partial charge in [-0.25, -0.2) is 14.0 Å². The second-order valence-electron chi connectivity index (χ2n) is 9.96. The summed E-state index contributed by atoms with van der Waals surface area (Å²) in [6, 6.07) is 10.8. The van der Waals surface area contributed by atoms with E-state index in [-0.39, 0.29) is 36.8 Å². The van der Waals surface area contributed by atoms with Gasteiger partial charge in [0.1, 0.15) is 24.6 Å². The van der Waals surface area contributed by atoms with E-state index in [0.717, 1.165) is 24.0 Å². The zero-order chi connectivity index (χ0) is 27.8. The molecule has 0 spiro atoms. The van der Waals surface area contributed by atoms with Gasteiger partial charge < -0.3 is 35.2 Å². The lowest BCUT2D eigenvalue weighted by Crippen LogP contribution is -2.39. The van der Waals surface area contributed by atoms with Gasteiger partial charge in [0.2, 0.25) is 0 Å². The Morgan fingerprint density at radius 1 is 1.05 bits per heavy atom. The van der Waals surface area contributed by atoms with Gasteiger partial charge in [-0.15, -0.1) is 0 Å². The summed E-state index contributed by atoms with van der Waals surface area (Å²) in [5, 5.41) is 23.3. The van der Waals surface area contributed by atoms with Crippen molar-refractivity contribution in [3.63, 3.8) is 0 Å². The van der Waals surface area contributed by atoms with Crippen molar-refractivity contribution in [1.82, 2.24) is 4.90 Å². The summed E-state index contributed by atoms with van der Waals surface area (Å²) in [4.78, 5) is 38.7. The quantitative estimate of drug-likeness (QED) is 0.372. The Kier molecular flexibility index (Phi) is 9.72. The Labute approximate surface area is 226 Å². The summed E-state index contributed by atoms with van der Waals surface area (Å²) >= 11 is 0. The minimum atomic E-state index is -1.07. The van der Waals surface area contributed by atoms with Gasteiger partial charge in [0, 0.05) is 25.2 Å². The van der Waals surface area contributed by atoms with Crippen LogP contribution in [0.3, 0.4) is 0 Å². The van der Waals surface area contributed by atoms with E-state index in [1.165, 1.54) is 12.1 Å². The molecule has 39 heavy (non-hydrogen) atoms. The number of amides is 3. The number of esters is 1. The second kappa shape index (κ2) is 13.4. The molecule has 0 unspecified atom stereocenters. The molecule has 210 valence electrons. The highest BCUT2D eigenvalue weighted by Gasteiger charge is 2.29. The molecule has 0 saturated heterocycles. The van der Waals surface area contributed by atoms with Crippen molar-refractivity contribution in [2.45, 2.75) is 57.3 Å². The normalized spacial score (nSPS) is 19.4. The zero-order valence-electron chi connectivity index (χ0n) is 21.6. The molecule has 1 atom stereocenters. The number of rotatable bonds is 8. The lowest BCUT2D eigenvalue weighted by Gasteiger charge is -2.32. The van der Waals surface area contributed by atoms with Crippen molar-refractivity contribution in [3.05, 3.63) is 59.4 Å². The van der Waals surface area contributed by atoms with E-state index < -0.39 is 30.5 Å². The standard InChI is InChI=1S/C28H34FN3O7/c29-24-3-1-2-4-25(24)31-27(36)30-21-8-7-20-15-32(12-11-19(20)14-21)28(37)39-23-9-5-18(6-10-23)13-26(35)38-17-22(34)16-33/h1-4,7-8,14,18,22-23,33-34H,5-6,9-13,15-17H2,(H2,30,31,36)/t18?,22-,23?/m0/s1. The number of anilines is 2. The first kappa shape index (κ1) is 28.3. The van der Waals surface area contributed by atoms with Gasteiger partial charge in [-0.3, -0.25) is 4.79 Å². The number of nitrogens with zero attached hydrogens (tertiary/aromatic N) is 1. The first-order valence-electron chi connectivity index (χ1n) is 13.1. The summed E-state index contributed by atoms with van der Waals surface area (Å²) in [6.45, 7) is 0.208. The van der Waals surface area contributed by atoms with Crippen molar-refractivity contribution in [2.24, 2.45) is 5.92 Å². The number of carbonyl (C=O) groups excluding carboxylic acids is 3. The summed E-state index contributed by atoms with van der Waals surface area (Å²) in [6.07, 6.45) is 2.00. The fraction of sp³-hybridized carbons (Fsp3) is 0.464. The zero-order valence-corrected chi connectivity index (χ0v) is 21.6. The number of hydrogen-bond acceptors (Lipinski definition) is 7. The van der Waals surface area contributed by atoms with Crippen LogP contribution < -0.4 is 10.6 Å². The SMILES string of the molecule is O=C(Nc1ccc2c(c1)CCN(C(=O)OC1CCC(CC(=O)OC[C@@H](O)CO)CC1)C2)Nc1ccccc1F. The molecule has 1 saturated carbocycles. The molecule has 4 N–H and O–H groups in total. The highest BCUT2D eigenvalue weighted by atomic mass is 19.1. The van der Waals surface area contributed by atoms with Gasteiger partial charge >= 0.3 is 18.1 Å². The maximum Gasteiger partial charge on any atom is 0.410 e. The number of carbonyl (C=O) groups is 3. The number of para-hydroxylation sites is 1. The molecule has 0 aromatic heterocycles. The van der Waals surface area contributed by atoms with Crippen molar-refractivity contribution < 1.29 is 38.5 Å². The number of aliphatic hydroxyl groups excluding tert-OH is 2. The van der Waals surface area contributed by atoms with Crippen LogP contribution in [0.1, 0.15) is 43.2 Å². The molecule has 1 aliphatic carbocycles. The number of aliphatic hydroxyl groups is 2. The van der Waals surface area contributed by atoms with Crippen LogP contribution in [0, 0.1) is 11.7 Å². The van der Waals surface area contributed by atoms with E-state index in [4.69, 9.17) is 14.6 Å². The molecule has 2 aliphatic rings. The Hall–Kier alpha value is -3.70. The number of benzene rings is 2. The summed E-state index contributed by atoms with van der Waals surface area (Å²) in [5.41, 5.74) is 2.64. The van der Waals surface area contributed by atoms with E-state index in [1.807, 2.05) is 12.1 Å². The molecule has 3 amide bonds. The molecule has 2 aromatic carbocycles. The minimum Gasteiger partial charge on any atom is -0.463 e. The lowest BCUT2D eigenvalue weighted by atomic mass is 9.85. The topological polar surface area (TPSA) is 137 Å². The molecule has 0 radical (unpaired) electrons. The Morgan fingerprint density at radius 2 is 1.82 bits per heavy atom. The van der Waals surface area contributed by atoms with Crippen LogP contribution in [0.4, 0.5) is 25.4 Å². The van der Waals surface area contributed by atoms with E-state index >= 15 is 0 Å². The van der Waals surface area contributed by atoms with Crippen LogP contribution in [0.5, 0.6) is 0 Å². The van der Waals surface area contributed by atoms with Crippen LogP contribution in [-0.4, -0.2) is 65.2 Å². The highest BCUT2D eigenvalue weighted by molar-refractivity contribution is 5.99. The number of halogens is 1. The highest BCUT2D eigenvalue weighted by Crippen LogP contribution is 2.30. The molecular weight excluding hydrogens is 509 g/mol. The maximum absolute atomic E-state index is 13.8. The number of fused-ring (bicyclic) bond motifs is 1. The third-order valence-electron chi connectivity index (χ3n) is 7.02. The van der Waals surface area contributed by atoms with Gasteiger partial charge in [0.25, 0.3) is 0 Å². The first-order chi connectivity index (χ1) is 18.8. The van der Waals surface area contributed by atoms with Crippen LogP contribution in [0.15, 0.2) is 42.5 Å². The third-order valence-corrected chi connectivity index (χ3v) is 7.02. The summed E-state index contributed by atoms with van der Waals surface area (Å²) < 4.78 is 24.5. The largest absolute Gasteiger partial charge is 0.463 e. The fourth-order valence-electron chi connectivity index (χ4n) is 4.84. The molecule has 1 heterocycles. The monoisotopic (exact) mass is 543 g/mol. The van der Waals surface area contributed by atoms with E-state index in [9.17, 15) is 23.9 Å². The maximum atomic E-state index is 13.8. The van der Waals surface area contributed by atoms with Gasteiger partial charge in [-0.1, -0.05) is 18.2 Å². The first-order valence-corrected chi connectivity index (χ1v) is 13.1. The Bertz CT molecular complexity index is 1170. The smallest absolute Gasteiger partial charge is 0.410 e. The number of hydrogen-bond donors (Lipinski definition) is 4. The molecule has 4 rings (SSSR count). The van der Waals surface area contributed by atoms with Crippen LogP contribution in [0.25, 0.3) is 0 Å². The average molecular weight is 544 g/mol. The molecule has 1 aliphatic heterocycles. The average Bonchev–Trinajstić information content (AvgIpc) is 2.93. The second-order valence-corrected chi connectivity index (χ2v) is 9.96. The van der Waals surface area contributed by atoms with Crippen molar-refractivity contribution in [2.75, 3.05) is 30.4 Å². The van der Waals surface area contributed by atoms with Gasteiger partial charge in [0.15, 0.2) is 0 Å². The molecular formula is C28H34FN3O7. The Morgan fingerprint density at radius 3 is 2.56 bits per heavy atom. The van der Waals surface area contributed by atoms with Crippen LogP contribution in [-0.2, 0) is 27.2 Å². The number of ether oxygens (including phenoxy) is 2. The van der Waals surface area contributed by atoms with Gasteiger partial charge in [-0.2, -0.15) is 0 Å². The van der Waals surface area contributed by atoms with Crippen LogP contribution >= 0.6 is 0 Å². The van der Waals surface area contributed by atoms with E-state index in [1.54, 1.807) is 23.1 Å². The lowest BCUT2D eigenvalue weighted by molar-refractivity contribution is -0.148. The van der Waals surface area contributed by atoms with Gasteiger partial charge in [-0.05, 0) is 73.4 Å². The predicted octanol–water partition coefficient (Wildman–Crippen LogP) is 3.81. The number of nitrogens with one attached hydrogen (secondary N) is 2. The Balaban J connectivity index is 1.20. The fourth-order valence-corrected chi connectivity index (χ4v) is 4.84. The van der Waals surface area contributed by atoms with Gasteiger partial charge in [0.05, 0.1) is 12.3 Å². The third kappa shape index (κ3) is 8.14. The van der Waals surface area contributed by atoms with Crippen molar-refractivity contribution in [3.8, 4) is 0 Å². The summed E-state index contributed by atoms with van der Waals surface area (Å²) in [5.74, 6) is -0.786. The molecule has 2 aromatic rings. The van der Waals surface area contributed by atoms with E-state index in [0.29, 0.717) is 38.0 Å². The number of urea groups is 1. The predicted molar refractivity (Wildman–Crippen MR) is 140 cm³/mol. The molecule has 0 bridgehead atoms. The van der Waals surface area contributed by atoms with E-state index in [2.05, 4.69) is 10.6 Å². The van der Waals surface area contributed by atoms with Crippen molar-refractivity contribution >= 4 is 29.5 Å². The molecule has 11 heteroatoms.